The first-order chi connectivity index (χ1) is 16.9. The second-order valence-corrected chi connectivity index (χ2v) is 11.3. The van der Waals surface area contributed by atoms with Crippen LogP contribution in [0.4, 0.5) is 5.69 Å². The average molecular weight is 517 g/mol. The molecule has 0 aromatic heterocycles. The van der Waals surface area contributed by atoms with E-state index in [-0.39, 0.29) is 29.6 Å². The van der Waals surface area contributed by atoms with Gasteiger partial charge in [0.1, 0.15) is 6.04 Å². The monoisotopic (exact) mass is 516 g/mol. The average Bonchev–Trinajstić information content (AvgIpc) is 3.26. The maximum atomic E-state index is 14.2. The summed E-state index contributed by atoms with van der Waals surface area (Å²) in [7, 11) is 0. The lowest BCUT2D eigenvalue weighted by atomic mass is 9.78. The number of likely N-dealkylation sites (tertiary alicyclic amines) is 1. The highest BCUT2D eigenvalue weighted by Crippen LogP contribution is 2.61. The number of rotatable bonds is 4. The number of nitrogens with zero attached hydrogens (tertiary/aromatic N) is 2. The SMILES string of the molecule is CC[C@@H](CO)N1C(=O)[C@@H]2[C@H]3C(=O)OCCC/C=C\[C@H]3S[C@@]23C=CCN(c2ccc(Cl)cc2)C(=O)C13. The number of aliphatic hydroxyl groups excluding tert-OH is 1. The first-order valence-electron chi connectivity index (χ1n) is 12.1. The molecule has 35 heavy (non-hydrogen) atoms. The highest BCUT2D eigenvalue weighted by molar-refractivity contribution is 8.02. The molecular weight excluding hydrogens is 488 g/mol. The lowest BCUT2D eigenvalue weighted by molar-refractivity contribution is -0.153. The van der Waals surface area contributed by atoms with Crippen molar-refractivity contribution in [2.24, 2.45) is 11.8 Å². The topological polar surface area (TPSA) is 87.2 Å². The van der Waals surface area contributed by atoms with Crippen molar-refractivity contribution >= 4 is 46.8 Å². The molecule has 186 valence electrons. The minimum absolute atomic E-state index is 0.226. The van der Waals surface area contributed by atoms with Gasteiger partial charge in [0.05, 0.1) is 35.8 Å². The van der Waals surface area contributed by atoms with Gasteiger partial charge in [0, 0.05) is 22.5 Å². The minimum Gasteiger partial charge on any atom is -0.465 e. The molecule has 9 heteroatoms. The number of carbonyl (C=O) groups is 3. The van der Waals surface area contributed by atoms with Gasteiger partial charge in [-0.05, 0) is 43.5 Å². The van der Waals surface area contributed by atoms with Gasteiger partial charge in [0.15, 0.2) is 0 Å². The zero-order valence-electron chi connectivity index (χ0n) is 19.5. The van der Waals surface area contributed by atoms with Crippen molar-refractivity contribution in [3.8, 4) is 0 Å². The molecule has 5 rings (SSSR count). The third-order valence-corrected chi connectivity index (χ3v) is 9.50. The van der Waals surface area contributed by atoms with Gasteiger partial charge in [0.2, 0.25) is 5.91 Å². The zero-order chi connectivity index (χ0) is 24.7. The summed E-state index contributed by atoms with van der Waals surface area (Å²) in [4.78, 5) is 44.8. The second kappa shape index (κ2) is 9.64. The molecule has 4 aliphatic rings. The Hall–Kier alpha value is -2.29. The molecule has 1 N–H and O–H groups in total. The van der Waals surface area contributed by atoms with Crippen LogP contribution < -0.4 is 4.90 Å². The van der Waals surface area contributed by atoms with Gasteiger partial charge in [-0.3, -0.25) is 14.4 Å². The molecule has 1 aromatic rings. The summed E-state index contributed by atoms with van der Waals surface area (Å²) in [6.07, 6.45) is 9.95. The number of halogens is 1. The molecule has 2 saturated heterocycles. The van der Waals surface area contributed by atoms with E-state index in [9.17, 15) is 19.5 Å². The van der Waals surface area contributed by atoms with Gasteiger partial charge in [-0.2, -0.15) is 0 Å². The van der Waals surface area contributed by atoms with Gasteiger partial charge < -0.3 is 19.6 Å². The smallest absolute Gasteiger partial charge is 0.311 e. The normalized spacial score (nSPS) is 34.2. The summed E-state index contributed by atoms with van der Waals surface area (Å²) in [6, 6.07) is 5.65. The molecular formula is C26H29ClN2O5S. The number of hydrogen-bond donors (Lipinski definition) is 1. The summed E-state index contributed by atoms with van der Waals surface area (Å²) in [5.41, 5.74) is 0.679. The van der Waals surface area contributed by atoms with Crippen molar-refractivity contribution in [2.75, 3.05) is 24.7 Å². The molecule has 2 amide bonds. The Labute approximate surface area is 214 Å². The highest BCUT2D eigenvalue weighted by Gasteiger charge is 2.71. The van der Waals surface area contributed by atoms with E-state index >= 15 is 0 Å². The molecule has 4 aliphatic heterocycles. The Bertz CT molecular complexity index is 1070. The Morgan fingerprint density at radius 2 is 1.97 bits per heavy atom. The van der Waals surface area contributed by atoms with Crippen LogP contribution in [0.3, 0.4) is 0 Å². The fraction of sp³-hybridized carbons (Fsp3) is 0.500. The lowest BCUT2D eigenvalue weighted by Crippen LogP contribution is -2.56. The standard InChI is InChI=1S/C26H29ClN2O5S/c1-2-17(15-30)29-22-24(32)28(18-10-8-16(27)9-11-18)13-6-12-26(22)21(23(29)31)20-19(35-26)7-4-3-5-14-34-25(20)33/h4,6-12,17,19-22,30H,2-3,5,13-15H2,1H3/b7-4-/t17-,19+,20-,21-,22?,26-/m0/s1. The number of ether oxygens (including phenoxy) is 1. The van der Waals surface area contributed by atoms with Crippen molar-refractivity contribution in [3.63, 3.8) is 0 Å². The van der Waals surface area contributed by atoms with E-state index in [1.54, 1.807) is 34.1 Å². The lowest BCUT2D eigenvalue weighted by Gasteiger charge is -2.38. The number of amides is 2. The van der Waals surface area contributed by atoms with Crippen LogP contribution in [0.15, 0.2) is 48.6 Å². The van der Waals surface area contributed by atoms with E-state index in [0.717, 1.165) is 12.8 Å². The van der Waals surface area contributed by atoms with E-state index in [2.05, 4.69) is 0 Å². The maximum absolute atomic E-state index is 14.2. The van der Waals surface area contributed by atoms with Gasteiger partial charge in [-0.15, -0.1) is 11.8 Å². The van der Waals surface area contributed by atoms with Gasteiger partial charge in [-0.25, -0.2) is 0 Å². The quantitative estimate of drug-likeness (QED) is 0.488. The van der Waals surface area contributed by atoms with Crippen molar-refractivity contribution < 1.29 is 24.2 Å². The third kappa shape index (κ3) is 3.90. The summed E-state index contributed by atoms with van der Waals surface area (Å²) < 4.78 is 4.64. The first-order valence-corrected chi connectivity index (χ1v) is 13.4. The number of aliphatic hydroxyl groups is 1. The van der Waals surface area contributed by atoms with Crippen LogP contribution in [0.1, 0.15) is 26.2 Å². The van der Waals surface area contributed by atoms with Gasteiger partial charge in [0.25, 0.3) is 5.91 Å². The molecule has 0 radical (unpaired) electrons. The second-order valence-electron chi connectivity index (χ2n) is 9.40. The van der Waals surface area contributed by atoms with Crippen molar-refractivity contribution in [3.05, 3.63) is 53.6 Å². The molecule has 6 atom stereocenters. The minimum atomic E-state index is -0.935. The fourth-order valence-electron chi connectivity index (χ4n) is 5.85. The summed E-state index contributed by atoms with van der Waals surface area (Å²) in [5, 5.41) is 10.5. The molecule has 0 aliphatic carbocycles. The Balaban J connectivity index is 1.64. The number of allylic oxidation sites excluding steroid dienone is 1. The zero-order valence-corrected chi connectivity index (χ0v) is 21.1. The van der Waals surface area contributed by atoms with E-state index in [0.29, 0.717) is 30.3 Å². The fourth-order valence-corrected chi connectivity index (χ4v) is 7.97. The van der Waals surface area contributed by atoms with E-state index in [1.807, 2.05) is 31.2 Å². The van der Waals surface area contributed by atoms with E-state index in [4.69, 9.17) is 16.3 Å². The van der Waals surface area contributed by atoms with E-state index < -0.39 is 28.7 Å². The molecule has 1 unspecified atom stereocenters. The molecule has 0 bridgehead atoms. The molecule has 1 aromatic carbocycles. The predicted molar refractivity (Wildman–Crippen MR) is 135 cm³/mol. The molecule has 4 heterocycles. The molecule has 2 fully saturated rings. The van der Waals surface area contributed by atoms with Crippen LogP contribution in [0.5, 0.6) is 0 Å². The largest absolute Gasteiger partial charge is 0.465 e. The number of fused-ring (bicyclic) bond motifs is 2. The molecule has 1 spiro atoms. The number of thioether (sulfide) groups is 1. The molecule has 7 nitrogen and oxygen atoms in total. The van der Waals surface area contributed by atoms with Crippen LogP contribution in [0.25, 0.3) is 0 Å². The number of benzene rings is 1. The number of hydrogen-bond acceptors (Lipinski definition) is 6. The summed E-state index contributed by atoms with van der Waals surface area (Å²) in [5.74, 6) is -2.32. The van der Waals surface area contributed by atoms with Crippen LogP contribution >= 0.6 is 23.4 Å². The van der Waals surface area contributed by atoms with Crippen LogP contribution in [-0.2, 0) is 19.1 Å². The molecule has 0 saturated carbocycles. The van der Waals surface area contributed by atoms with Crippen molar-refractivity contribution in [1.29, 1.82) is 0 Å². The number of anilines is 1. The number of esters is 1. The van der Waals surface area contributed by atoms with E-state index in [1.165, 1.54) is 11.8 Å². The van der Waals surface area contributed by atoms with Gasteiger partial charge >= 0.3 is 5.97 Å². The summed E-state index contributed by atoms with van der Waals surface area (Å²) in [6.45, 7) is 2.27. The van der Waals surface area contributed by atoms with Crippen molar-refractivity contribution in [2.45, 2.75) is 48.3 Å². The van der Waals surface area contributed by atoms with Crippen LogP contribution in [0.2, 0.25) is 5.02 Å². The van der Waals surface area contributed by atoms with Gasteiger partial charge in [-0.1, -0.05) is 42.8 Å². The summed E-state index contributed by atoms with van der Waals surface area (Å²) >= 11 is 7.58. The Kier molecular flexibility index (Phi) is 6.72. The maximum Gasteiger partial charge on any atom is 0.311 e. The third-order valence-electron chi connectivity index (χ3n) is 7.50. The number of carbonyl (C=O) groups excluding carboxylic acids is 3. The van der Waals surface area contributed by atoms with Crippen LogP contribution in [0, 0.1) is 11.8 Å². The van der Waals surface area contributed by atoms with Crippen molar-refractivity contribution in [1.82, 2.24) is 4.90 Å². The predicted octanol–water partition coefficient (Wildman–Crippen LogP) is 3.20. The number of cyclic esters (lactones) is 1. The Morgan fingerprint density at radius 3 is 2.69 bits per heavy atom. The highest BCUT2D eigenvalue weighted by atomic mass is 35.5. The Morgan fingerprint density at radius 1 is 1.20 bits per heavy atom. The first kappa shape index (κ1) is 24.4. The van der Waals surface area contributed by atoms with Crippen LogP contribution in [-0.4, -0.2) is 69.6 Å².